The Morgan fingerprint density at radius 3 is 2.37 bits per heavy atom. The first kappa shape index (κ1) is 32.2. The second-order valence-corrected chi connectivity index (χ2v) is 13.3. The van der Waals surface area contributed by atoms with Crippen LogP contribution >= 0.6 is 27.7 Å². The number of rotatable bonds is 4. The predicted octanol–water partition coefficient (Wildman–Crippen LogP) is 7.02. The van der Waals surface area contributed by atoms with Crippen molar-refractivity contribution in [2.24, 2.45) is 0 Å². The normalized spacial score (nSPS) is 20.1. The van der Waals surface area contributed by atoms with E-state index in [1.165, 1.54) is 10.6 Å². The van der Waals surface area contributed by atoms with Crippen LogP contribution < -0.4 is 10.6 Å². The second-order valence-electron chi connectivity index (χ2n) is 11.4. The summed E-state index contributed by atoms with van der Waals surface area (Å²) in [6.45, 7) is 7.66. The monoisotopic (exact) mass is 719 g/mol. The van der Waals surface area contributed by atoms with Crippen LogP contribution in [0.3, 0.4) is 0 Å². The summed E-state index contributed by atoms with van der Waals surface area (Å²) in [5.74, 6) is -2.45. The van der Waals surface area contributed by atoms with E-state index >= 15 is 17.6 Å². The Morgan fingerprint density at radius 1 is 1.07 bits per heavy atom. The van der Waals surface area contributed by atoms with Gasteiger partial charge in [0.15, 0.2) is 0 Å². The zero-order valence-electron chi connectivity index (χ0n) is 24.6. The molecule has 0 N–H and O–H groups in total. The van der Waals surface area contributed by atoms with Crippen LogP contribution in [0.1, 0.15) is 30.9 Å². The fourth-order valence-electron chi connectivity index (χ4n) is 6.48. The van der Waals surface area contributed by atoms with Gasteiger partial charge < -0.3 is 9.80 Å². The first-order valence-electron chi connectivity index (χ1n) is 14.4. The average Bonchev–Trinajstić information content (AvgIpc) is 3.21. The average molecular weight is 721 g/mol. The van der Waals surface area contributed by atoms with Gasteiger partial charge in [-0.1, -0.05) is 6.58 Å². The molecule has 0 spiro atoms. The van der Waals surface area contributed by atoms with Crippen LogP contribution in [0.2, 0.25) is 0 Å². The highest BCUT2D eigenvalue weighted by atomic mass is 79.9. The van der Waals surface area contributed by atoms with Gasteiger partial charge in [-0.3, -0.25) is 14.3 Å². The maximum atomic E-state index is 15.5. The van der Waals surface area contributed by atoms with Crippen molar-refractivity contribution < 1.29 is 26.7 Å². The van der Waals surface area contributed by atoms with Crippen LogP contribution in [0, 0.1) is 11.6 Å². The molecule has 1 amide bonds. The fraction of sp³-hybridized carbons (Fsp3) is 0.312. The number of hydrogen-bond acceptors (Lipinski definition) is 6. The maximum Gasteiger partial charge on any atom is 0.417 e. The Labute approximate surface area is 273 Å². The largest absolute Gasteiger partial charge is 0.417 e. The van der Waals surface area contributed by atoms with Gasteiger partial charge in [-0.05, 0) is 65.7 Å². The number of aromatic nitrogens is 3. The minimum Gasteiger partial charge on any atom is -0.352 e. The standard InChI is InChI=1S/C32H27BrF5N5O2S/c1-4-26(44)43-16(2)12-41(13-17(43)3)30-21-9-22(32(36,37)38)27(20-10-23(33)25(35)11-24(20)34)29-28(21)42(31(45)40-30)14-19(15-46-29)18-5-7-39-8-6-18/h4-11,16-17,19H,1,12-15H2,2-3H3/t16-,17+,19-/m0/s1. The summed E-state index contributed by atoms with van der Waals surface area (Å²) >= 11 is 4.08. The molecule has 3 atom stereocenters. The first-order valence-corrected chi connectivity index (χ1v) is 16.1. The van der Waals surface area contributed by atoms with Gasteiger partial charge in [0.05, 0.1) is 15.6 Å². The molecule has 14 heteroatoms. The molecule has 0 unspecified atom stereocenters. The molecular weight excluding hydrogens is 693 g/mol. The zero-order chi connectivity index (χ0) is 33.1. The van der Waals surface area contributed by atoms with Crippen LogP contribution in [0.25, 0.3) is 22.0 Å². The summed E-state index contributed by atoms with van der Waals surface area (Å²) in [4.78, 5) is 38.2. The number of thioether (sulfide) groups is 1. The lowest BCUT2D eigenvalue weighted by Crippen LogP contribution is -2.58. The van der Waals surface area contributed by atoms with Crippen LogP contribution in [-0.4, -0.2) is 56.3 Å². The molecule has 0 bridgehead atoms. The van der Waals surface area contributed by atoms with Crippen molar-refractivity contribution in [2.45, 2.75) is 49.5 Å². The number of halogens is 6. The summed E-state index contributed by atoms with van der Waals surface area (Å²) in [7, 11) is 0. The first-order chi connectivity index (χ1) is 21.8. The molecule has 4 aromatic rings. The van der Waals surface area contributed by atoms with E-state index in [-0.39, 0.29) is 75.4 Å². The van der Waals surface area contributed by atoms with Crippen molar-refractivity contribution in [1.29, 1.82) is 0 Å². The minimum absolute atomic E-state index is 0.0427. The zero-order valence-corrected chi connectivity index (χ0v) is 27.0. The number of carbonyl (C=O) groups excluding carboxylic acids is 1. The number of alkyl halides is 3. The number of nitrogens with zero attached hydrogens (tertiary/aromatic N) is 5. The second kappa shape index (κ2) is 12.1. The number of piperazine rings is 1. The topological polar surface area (TPSA) is 71.3 Å². The molecule has 46 heavy (non-hydrogen) atoms. The molecular formula is C32H27BrF5N5O2S. The molecule has 240 valence electrons. The van der Waals surface area contributed by atoms with Gasteiger partial charge in [-0.2, -0.15) is 18.2 Å². The van der Waals surface area contributed by atoms with Crippen molar-refractivity contribution in [3.8, 4) is 11.1 Å². The lowest BCUT2D eigenvalue weighted by molar-refractivity contribution is -0.137. The van der Waals surface area contributed by atoms with Gasteiger partial charge in [0.1, 0.15) is 17.5 Å². The van der Waals surface area contributed by atoms with Crippen molar-refractivity contribution >= 4 is 50.3 Å². The van der Waals surface area contributed by atoms with Gasteiger partial charge in [0, 0.05) is 83.3 Å². The Morgan fingerprint density at radius 2 is 1.74 bits per heavy atom. The van der Waals surface area contributed by atoms with Gasteiger partial charge in [0.25, 0.3) is 0 Å². The number of anilines is 1. The van der Waals surface area contributed by atoms with Gasteiger partial charge in [-0.15, -0.1) is 11.8 Å². The molecule has 2 aromatic carbocycles. The predicted molar refractivity (Wildman–Crippen MR) is 170 cm³/mol. The van der Waals surface area contributed by atoms with Crippen LogP contribution in [0.4, 0.5) is 27.8 Å². The van der Waals surface area contributed by atoms with E-state index in [0.717, 1.165) is 29.5 Å². The van der Waals surface area contributed by atoms with E-state index < -0.39 is 40.2 Å². The molecule has 2 aliphatic rings. The Kier molecular flexibility index (Phi) is 8.47. The summed E-state index contributed by atoms with van der Waals surface area (Å²) in [5.41, 5.74) is -1.75. The number of hydrogen-bond donors (Lipinski definition) is 0. The molecule has 0 saturated carbocycles. The van der Waals surface area contributed by atoms with E-state index in [0.29, 0.717) is 6.07 Å². The van der Waals surface area contributed by atoms with Crippen LogP contribution in [0.15, 0.2) is 69.5 Å². The Balaban J connectivity index is 1.66. The molecule has 0 radical (unpaired) electrons. The number of benzene rings is 2. The van der Waals surface area contributed by atoms with Gasteiger partial charge in [-0.25, -0.2) is 13.6 Å². The van der Waals surface area contributed by atoms with Crippen LogP contribution in [0.5, 0.6) is 0 Å². The molecule has 2 aliphatic heterocycles. The lowest BCUT2D eigenvalue weighted by Gasteiger charge is -2.44. The summed E-state index contributed by atoms with van der Waals surface area (Å²) in [5, 5.41) is 0.0676. The highest BCUT2D eigenvalue weighted by Gasteiger charge is 2.40. The summed E-state index contributed by atoms with van der Waals surface area (Å²) in [6.07, 6.45) is -0.566. The smallest absolute Gasteiger partial charge is 0.352 e. The van der Waals surface area contributed by atoms with Crippen molar-refractivity contribution in [3.05, 3.63) is 93.1 Å². The minimum atomic E-state index is -4.96. The van der Waals surface area contributed by atoms with Crippen molar-refractivity contribution in [3.63, 3.8) is 0 Å². The number of pyridine rings is 1. The maximum absolute atomic E-state index is 15.5. The van der Waals surface area contributed by atoms with E-state index in [9.17, 15) is 14.0 Å². The van der Waals surface area contributed by atoms with Crippen molar-refractivity contribution in [1.82, 2.24) is 19.4 Å². The van der Waals surface area contributed by atoms with E-state index in [1.807, 2.05) is 0 Å². The molecule has 1 saturated heterocycles. The Hall–Kier alpha value is -3.78. The SMILES string of the molecule is C=CC(=O)N1[C@H](C)CN(c2nc(=O)n3c4c(c(-c5cc(Br)c(F)cc5F)c(C(F)(F)F)cc24)SC[C@@H](c2ccncc2)C3)C[C@@H]1C. The highest BCUT2D eigenvalue weighted by Crippen LogP contribution is 2.50. The van der Waals surface area contributed by atoms with Gasteiger partial charge in [0.2, 0.25) is 5.91 Å². The quantitative estimate of drug-likeness (QED) is 0.128. The van der Waals surface area contributed by atoms with Crippen LogP contribution in [-0.2, 0) is 17.5 Å². The van der Waals surface area contributed by atoms with Crippen molar-refractivity contribution in [2.75, 3.05) is 23.7 Å². The third kappa shape index (κ3) is 5.59. The Bertz CT molecular complexity index is 1930. The van der Waals surface area contributed by atoms with E-state index in [4.69, 9.17) is 0 Å². The summed E-state index contributed by atoms with van der Waals surface area (Å²) in [6, 6.07) is 5.24. The lowest BCUT2D eigenvalue weighted by atomic mass is 9.95. The summed E-state index contributed by atoms with van der Waals surface area (Å²) < 4.78 is 76.0. The molecule has 2 aromatic heterocycles. The number of amides is 1. The molecule has 1 fully saturated rings. The number of carbonyl (C=O) groups is 1. The van der Waals surface area contributed by atoms with E-state index in [1.54, 1.807) is 48.2 Å². The molecule has 6 rings (SSSR count). The van der Waals surface area contributed by atoms with E-state index in [2.05, 4.69) is 32.5 Å². The fourth-order valence-corrected chi connectivity index (χ4v) is 8.21. The van der Waals surface area contributed by atoms with Gasteiger partial charge >= 0.3 is 11.9 Å². The highest BCUT2D eigenvalue weighted by molar-refractivity contribution is 9.10. The third-order valence-corrected chi connectivity index (χ3v) is 10.3. The third-order valence-electron chi connectivity index (χ3n) is 8.44. The molecule has 4 heterocycles. The molecule has 0 aliphatic carbocycles. The molecule has 7 nitrogen and oxygen atoms in total.